The molecule has 0 aliphatic rings. The van der Waals surface area contributed by atoms with Crippen molar-refractivity contribution in [1.29, 1.82) is 0 Å². The maximum atomic E-state index is 6.70. The van der Waals surface area contributed by atoms with Crippen LogP contribution < -0.4 is 0 Å². The van der Waals surface area contributed by atoms with Gasteiger partial charge in [0, 0.05) is 21.2 Å². The second-order valence-corrected chi connectivity index (χ2v) is 7.70. The summed E-state index contributed by atoms with van der Waals surface area (Å²) in [6.45, 7) is 10.6. The average Bonchev–Trinajstić information content (AvgIpc) is 2.55. The van der Waals surface area contributed by atoms with Crippen LogP contribution in [-0.4, -0.2) is 0 Å². The van der Waals surface area contributed by atoms with E-state index in [0.29, 0.717) is 0 Å². The van der Waals surface area contributed by atoms with Gasteiger partial charge in [-0.1, -0.05) is 64.7 Å². The summed E-state index contributed by atoms with van der Waals surface area (Å²) in [4.78, 5) is 0. The molecule has 0 radical (unpaired) electrons. The molecule has 0 bridgehead atoms. The Balaban J connectivity index is 2.22. The van der Waals surface area contributed by atoms with Gasteiger partial charge in [-0.05, 0) is 74.6 Å². The molecule has 3 rings (SSSR count). The van der Waals surface area contributed by atoms with Crippen LogP contribution in [-0.2, 0) is 0 Å². The first-order valence-electron chi connectivity index (χ1n) is 8.43. The Morgan fingerprint density at radius 2 is 1.08 bits per heavy atom. The number of benzene rings is 3. The molecule has 0 spiro atoms. The minimum Gasteiger partial charge on any atom is -0.0836 e. The molecular formula is C23H22Cl2. The van der Waals surface area contributed by atoms with Crippen LogP contribution in [0.3, 0.4) is 0 Å². The lowest BCUT2D eigenvalue weighted by atomic mass is 9.92. The Hall–Kier alpha value is -1.76. The maximum absolute atomic E-state index is 6.70. The highest BCUT2D eigenvalue weighted by Crippen LogP contribution is 2.40. The van der Waals surface area contributed by atoms with Gasteiger partial charge in [0.2, 0.25) is 0 Å². The summed E-state index contributed by atoms with van der Waals surface area (Å²) in [6.07, 6.45) is 0. The third-order valence-corrected chi connectivity index (χ3v) is 5.47. The summed E-state index contributed by atoms with van der Waals surface area (Å²) in [5.41, 5.74) is 10.4. The molecule has 0 fully saturated rings. The van der Waals surface area contributed by atoms with E-state index in [1.807, 2.05) is 12.1 Å². The van der Waals surface area contributed by atoms with Crippen LogP contribution in [0.2, 0.25) is 10.0 Å². The van der Waals surface area contributed by atoms with Crippen molar-refractivity contribution in [2.24, 2.45) is 0 Å². The first-order valence-corrected chi connectivity index (χ1v) is 9.18. The van der Waals surface area contributed by atoms with Gasteiger partial charge in [0.15, 0.2) is 0 Å². The Morgan fingerprint density at radius 1 is 0.520 bits per heavy atom. The molecule has 3 aromatic carbocycles. The van der Waals surface area contributed by atoms with Crippen LogP contribution in [0.25, 0.3) is 22.3 Å². The zero-order valence-corrected chi connectivity index (χ0v) is 16.8. The van der Waals surface area contributed by atoms with Gasteiger partial charge in [-0.3, -0.25) is 0 Å². The number of halogens is 2. The fourth-order valence-corrected chi connectivity index (χ4v) is 3.84. The summed E-state index contributed by atoms with van der Waals surface area (Å²) < 4.78 is 0. The van der Waals surface area contributed by atoms with Crippen LogP contribution >= 0.6 is 23.2 Å². The second-order valence-electron chi connectivity index (χ2n) is 6.88. The van der Waals surface area contributed by atoms with Gasteiger partial charge >= 0.3 is 0 Å². The van der Waals surface area contributed by atoms with Gasteiger partial charge in [-0.2, -0.15) is 0 Å². The Morgan fingerprint density at radius 3 is 1.72 bits per heavy atom. The van der Waals surface area contributed by atoms with Crippen LogP contribution in [0, 0.1) is 34.6 Å². The monoisotopic (exact) mass is 368 g/mol. The molecule has 0 saturated carbocycles. The normalized spacial score (nSPS) is 11.0. The van der Waals surface area contributed by atoms with Crippen LogP contribution in [0.5, 0.6) is 0 Å². The fourth-order valence-electron chi connectivity index (χ4n) is 3.31. The van der Waals surface area contributed by atoms with Gasteiger partial charge < -0.3 is 0 Å². The fraction of sp³-hybridized carbons (Fsp3) is 0.217. The van der Waals surface area contributed by atoms with Crippen LogP contribution in [0.1, 0.15) is 27.8 Å². The van der Waals surface area contributed by atoms with Crippen molar-refractivity contribution in [3.8, 4) is 22.3 Å². The zero-order chi connectivity index (χ0) is 18.3. The van der Waals surface area contributed by atoms with Crippen molar-refractivity contribution < 1.29 is 0 Å². The quantitative estimate of drug-likeness (QED) is 0.431. The Kier molecular flexibility index (Phi) is 4.95. The van der Waals surface area contributed by atoms with Gasteiger partial charge in [0.25, 0.3) is 0 Å². The number of aryl methyl sites for hydroxylation is 4. The molecule has 0 amide bonds. The third-order valence-electron chi connectivity index (χ3n) is 4.84. The topological polar surface area (TPSA) is 0 Å². The minimum atomic E-state index is 0.728. The molecule has 0 aromatic heterocycles. The van der Waals surface area contributed by atoms with E-state index >= 15 is 0 Å². The number of hydrogen-bond acceptors (Lipinski definition) is 0. The summed E-state index contributed by atoms with van der Waals surface area (Å²) in [5.74, 6) is 0. The van der Waals surface area contributed by atoms with E-state index in [-0.39, 0.29) is 0 Å². The highest BCUT2D eigenvalue weighted by Gasteiger charge is 2.15. The van der Waals surface area contributed by atoms with Gasteiger partial charge in [0.05, 0.1) is 0 Å². The second kappa shape index (κ2) is 6.86. The standard InChI is InChI=1S/C23H22Cl2/c1-13-6-7-15(3)18(9-13)20-11-23(25)21(12-22(20)24)19-10-14(2)8-16(4)17(19)5/h6-12H,1-5H3. The summed E-state index contributed by atoms with van der Waals surface area (Å²) in [7, 11) is 0. The van der Waals surface area contributed by atoms with Gasteiger partial charge in [-0.25, -0.2) is 0 Å². The molecule has 0 aliphatic carbocycles. The molecule has 25 heavy (non-hydrogen) atoms. The lowest BCUT2D eigenvalue weighted by Crippen LogP contribution is -1.92. The van der Waals surface area contributed by atoms with E-state index in [1.54, 1.807) is 0 Å². The number of hydrogen-bond donors (Lipinski definition) is 0. The van der Waals surface area contributed by atoms with E-state index in [9.17, 15) is 0 Å². The smallest absolute Gasteiger partial charge is 0.0491 e. The van der Waals surface area contributed by atoms with Crippen molar-refractivity contribution in [2.75, 3.05) is 0 Å². The molecule has 3 aromatic rings. The molecule has 0 N–H and O–H groups in total. The van der Waals surface area contributed by atoms with Crippen LogP contribution in [0.15, 0.2) is 42.5 Å². The highest BCUT2D eigenvalue weighted by atomic mass is 35.5. The predicted octanol–water partition coefficient (Wildman–Crippen LogP) is 7.87. The SMILES string of the molecule is Cc1ccc(C)c(-c2cc(Cl)c(-c3cc(C)cc(C)c3C)cc2Cl)c1. The zero-order valence-electron chi connectivity index (χ0n) is 15.3. The molecule has 0 nitrogen and oxygen atoms in total. The van der Waals surface area contributed by atoms with Crippen molar-refractivity contribution in [1.82, 2.24) is 0 Å². The third kappa shape index (κ3) is 3.47. The maximum Gasteiger partial charge on any atom is 0.0491 e. The molecule has 0 heterocycles. The minimum absolute atomic E-state index is 0.728. The largest absolute Gasteiger partial charge is 0.0836 e. The summed E-state index contributed by atoms with van der Waals surface area (Å²) in [5, 5.41) is 1.46. The van der Waals surface area contributed by atoms with E-state index in [0.717, 1.165) is 32.3 Å². The van der Waals surface area contributed by atoms with E-state index in [1.165, 1.54) is 27.8 Å². The first kappa shape index (κ1) is 18.0. The number of rotatable bonds is 2. The van der Waals surface area contributed by atoms with Crippen molar-refractivity contribution in [2.45, 2.75) is 34.6 Å². The summed E-state index contributed by atoms with van der Waals surface area (Å²) in [6, 6.07) is 14.8. The molecule has 128 valence electrons. The molecular weight excluding hydrogens is 347 g/mol. The molecule has 0 unspecified atom stereocenters. The highest BCUT2D eigenvalue weighted by molar-refractivity contribution is 6.37. The van der Waals surface area contributed by atoms with Crippen LogP contribution in [0.4, 0.5) is 0 Å². The van der Waals surface area contributed by atoms with E-state index in [4.69, 9.17) is 23.2 Å². The Labute approximate surface area is 160 Å². The molecule has 2 heteroatoms. The predicted molar refractivity (Wildman–Crippen MR) is 111 cm³/mol. The lowest BCUT2D eigenvalue weighted by molar-refractivity contribution is 1.30. The first-order chi connectivity index (χ1) is 11.8. The lowest BCUT2D eigenvalue weighted by Gasteiger charge is -2.16. The average molecular weight is 369 g/mol. The van der Waals surface area contributed by atoms with Crippen molar-refractivity contribution in [3.63, 3.8) is 0 Å². The molecule has 0 aliphatic heterocycles. The van der Waals surface area contributed by atoms with Gasteiger partial charge in [0.1, 0.15) is 0 Å². The van der Waals surface area contributed by atoms with Crippen molar-refractivity contribution in [3.05, 3.63) is 80.3 Å². The Bertz CT molecular complexity index is 968. The van der Waals surface area contributed by atoms with Gasteiger partial charge in [-0.15, -0.1) is 0 Å². The molecule has 0 atom stereocenters. The van der Waals surface area contributed by atoms with E-state index < -0.39 is 0 Å². The van der Waals surface area contributed by atoms with Crippen molar-refractivity contribution >= 4 is 23.2 Å². The van der Waals surface area contributed by atoms with E-state index in [2.05, 4.69) is 65.0 Å². The summed E-state index contributed by atoms with van der Waals surface area (Å²) >= 11 is 13.4. The molecule has 0 saturated heterocycles.